The molecule has 4 aliphatic rings. The van der Waals surface area contributed by atoms with Gasteiger partial charge in [0.05, 0.1) is 119 Å². The molecule has 8 amide bonds. The number of alkyl halides is 5. The van der Waals surface area contributed by atoms with E-state index in [9.17, 15) is 60.3 Å². The average molecular weight is 1840 g/mol. The summed E-state index contributed by atoms with van der Waals surface area (Å²) >= 11 is 0. The summed E-state index contributed by atoms with van der Waals surface area (Å²) in [4.78, 5) is 116. The Balaban J connectivity index is 0.000000162. The number of halogens is 5. The van der Waals surface area contributed by atoms with Gasteiger partial charge in [-0.2, -0.15) is 33.6 Å². The topological polar surface area (TPSA) is 441 Å². The maximum Gasteiger partial charge on any atom is 0.408 e. The number of amides is 8. The van der Waals surface area contributed by atoms with Gasteiger partial charge in [0, 0.05) is 177 Å². The first-order valence-electron chi connectivity index (χ1n) is 47.5. The van der Waals surface area contributed by atoms with Crippen molar-refractivity contribution in [2.75, 3.05) is 98.9 Å². The lowest BCUT2D eigenvalue weighted by Crippen LogP contribution is -2.20. The van der Waals surface area contributed by atoms with E-state index in [1.54, 1.807) is 65.5 Å². The molecule has 4 fully saturated rings. The second-order valence-electron chi connectivity index (χ2n) is 30.3. The summed E-state index contributed by atoms with van der Waals surface area (Å²) in [7, 11) is 5.83. The molecule has 8 aromatic heterocycles. The van der Waals surface area contributed by atoms with E-state index < -0.39 is 77.2 Å². The smallest absolute Gasteiger partial charge is 0.408 e. The number of nitrogens with one attached hydrogen (secondary N) is 12. The number of hydrogen-bond donors (Lipinski definition) is 12. The van der Waals surface area contributed by atoms with Crippen LogP contribution in [0.2, 0.25) is 0 Å². The normalized spacial score (nSPS) is 14.7. The van der Waals surface area contributed by atoms with Crippen molar-refractivity contribution >= 4 is 116 Å². The first kappa shape index (κ1) is 79.3. The van der Waals surface area contributed by atoms with Gasteiger partial charge in [-0.3, -0.25) is 57.1 Å². The molecule has 694 valence electrons. The number of benzene rings is 4. The van der Waals surface area contributed by atoms with Crippen LogP contribution in [0.25, 0.3) is 45.0 Å². The van der Waals surface area contributed by atoms with Crippen LogP contribution in [0, 0.1) is 23.7 Å². The molecule has 0 unspecified atom stereocenters. The number of carbonyl (C=O) groups is 8. The zero-order valence-corrected chi connectivity index (χ0v) is 72.2. The highest BCUT2D eigenvalue weighted by Gasteiger charge is 2.35. The Kier molecular flexibility index (Phi) is 25.7. The molecule has 0 spiro atoms. The summed E-state index contributed by atoms with van der Waals surface area (Å²) in [5, 5.41) is 48.0. The van der Waals surface area contributed by atoms with Crippen LogP contribution >= 0.6 is 0 Å². The first-order valence-corrected chi connectivity index (χ1v) is 41.5. The molecular weight excluding hydrogens is 1730 g/mol. The number of carbonyl (C=O) groups excluding carboxylic acids is 8. The zero-order valence-electron chi connectivity index (χ0n) is 84.2. The van der Waals surface area contributed by atoms with E-state index in [1.807, 2.05) is 82.4 Å². The number of aryl methyl sites for hydroxylation is 2. The van der Waals surface area contributed by atoms with Gasteiger partial charge in [-0.05, 0) is 138 Å². The summed E-state index contributed by atoms with van der Waals surface area (Å²) < 4.78 is 180. The molecule has 8 heterocycles. The molecule has 0 radical (unpaired) electrons. The number of rotatable bonds is 33. The fourth-order valence-corrected chi connectivity index (χ4v) is 13.6. The number of ether oxygens (including phenoxy) is 4. The van der Waals surface area contributed by atoms with E-state index >= 15 is 0 Å². The second-order valence-corrected chi connectivity index (χ2v) is 30.3. The van der Waals surface area contributed by atoms with Crippen molar-refractivity contribution in [2.24, 2.45) is 23.7 Å². The minimum absolute atomic E-state index is 0.00315. The molecule has 133 heavy (non-hydrogen) atoms. The molecule has 0 bridgehead atoms. The Hall–Kier alpha value is -15.9. The van der Waals surface area contributed by atoms with Crippen molar-refractivity contribution in [1.29, 1.82) is 0 Å². The standard InChI is InChI=1S/C23H23F3N6O3.C23H24F2N6O3.2C23H26N6O3/c1-27-22(34)15-11-28-19(30-21(33)13-6-7-13)10-18(15)29-17-5-3-4-14(20(17)35-2)16-8-9-32(31-16)12-23(24,25)26;1-26-23(33)15-11-27-20(29-22(32)13-6-7-13)10-18(15)28-17-5-3-4-14(21(17)34-2)16-8-9-31(30-16)12-19(24)25;1-4-29-11-10-17(28-29)15-6-5-7-18(21(15)32-3)26-19-12-20(27-22(30)14-8-9-14)25-13-16(19)23(31)24-2;1-4-29-19(10-11-26-29)15-6-5-7-17(21(15)32-3)27-18-12-20(28-22(30)14-8-9-14)25-13-16(18)23(31)24-2/h3-5,8-11,13H,6-7,12H2,1-2H3,(H,27,34)(H2,28,29,30,33);3-5,8-11,13,19H,6-7,12H2,1-2H3,(H,26,33)(H2,27,28,29,32);5-7,10-14H,4,8-9H2,1-3H3,(H,24,31)(H2,25,26,27,30);5-7,10-14H,4,8-9H2,1-3H3,(H,24,31)(H2,25,27,28,30)/i2*1D3;2*2D3. The number of hydrogen-bond acceptors (Lipinski definition) is 24. The maximum atomic E-state index is 12.8. The number of aromatic nitrogens is 12. The summed E-state index contributed by atoms with van der Waals surface area (Å²) in [6.45, 7) is -7.33. The van der Waals surface area contributed by atoms with Gasteiger partial charge in [-0.1, -0.05) is 24.3 Å². The summed E-state index contributed by atoms with van der Waals surface area (Å²) in [6.07, 6.45) is 10.3. The van der Waals surface area contributed by atoms with Gasteiger partial charge in [0.2, 0.25) is 23.6 Å². The Morgan fingerprint density at radius 3 is 0.992 bits per heavy atom. The molecule has 12 N–H and O–H groups in total. The lowest BCUT2D eigenvalue weighted by Gasteiger charge is -2.18. The van der Waals surface area contributed by atoms with Crippen molar-refractivity contribution in [3.05, 3.63) is 193 Å². The summed E-state index contributed by atoms with van der Waals surface area (Å²) in [5.41, 5.74) is 6.77. The van der Waals surface area contributed by atoms with E-state index in [0.717, 1.165) is 89.9 Å². The quantitative estimate of drug-likeness (QED) is 0.0170. The summed E-state index contributed by atoms with van der Waals surface area (Å²) in [6, 6.07) is 33.2. The van der Waals surface area contributed by atoms with E-state index in [2.05, 4.69) is 82.9 Å². The molecule has 4 aliphatic carbocycles. The minimum atomic E-state index is -4.45. The van der Waals surface area contributed by atoms with Crippen LogP contribution in [0.3, 0.4) is 0 Å². The van der Waals surface area contributed by atoms with Gasteiger partial charge in [0.15, 0.2) is 23.0 Å². The summed E-state index contributed by atoms with van der Waals surface area (Å²) in [5.74, 6) is -2.21. The maximum absolute atomic E-state index is 12.8. The lowest BCUT2D eigenvalue weighted by molar-refractivity contribution is -0.142. The average Bonchev–Trinajstić information content (AvgIpc) is 1.64. The Morgan fingerprint density at radius 1 is 0.406 bits per heavy atom. The largest absolute Gasteiger partial charge is 0.494 e. The van der Waals surface area contributed by atoms with Crippen LogP contribution in [0.4, 0.5) is 90.7 Å². The Bertz CT molecular complexity index is 6760. The van der Waals surface area contributed by atoms with Crippen molar-refractivity contribution in [1.82, 2.24) is 80.3 Å². The van der Waals surface area contributed by atoms with Crippen LogP contribution < -0.4 is 82.7 Å². The van der Waals surface area contributed by atoms with E-state index in [0.29, 0.717) is 75.6 Å². The van der Waals surface area contributed by atoms with E-state index in [4.69, 9.17) is 35.4 Å². The van der Waals surface area contributed by atoms with E-state index in [-0.39, 0.29) is 127 Å². The molecule has 4 saturated carbocycles. The third-order valence-corrected chi connectivity index (χ3v) is 20.8. The predicted octanol–water partition coefficient (Wildman–Crippen LogP) is 14.5. The number of nitrogens with zero attached hydrogens (tertiary/aromatic N) is 12. The monoisotopic (exact) mass is 1840 g/mol. The van der Waals surface area contributed by atoms with Crippen LogP contribution in [0.1, 0.15) is 123 Å². The van der Waals surface area contributed by atoms with Gasteiger partial charge in [-0.15, -0.1) is 0 Å². The predicted molar refractivity (Wildman–Crippen MR) is 489 cm³/mol. The molecule has 0 atom stereocenters. The van der Waals surface area contributed by atoms with E-state index in [1.165, 1.54) is 83.6 Å². The van der Waals surface area contributed by atoms with Gasteiger partial charge in [0.25, 0.3) is 30.1 Å². The fraction of sp³-hybridized carbons (Fsp3) is 0.304. The molecule has 36 nitrogen and oxygen atoms in total. The highest BCUT2D eigenvalue weighted by atomic mass is 19.4. The van der Waals surface area contributed by atoms with Crippen LogP contribution in [0.5, 0.6) is 23.0 Å². The van der Waals surface area contributed by atoms with Crippen molar-refractivity contribution < 1.29 is 95.7 Å². The molecule has 41 heteroatoms. The molecule has 4 aromatic carbocycles. The van der Waals surface area contributed by atoms with Crippen LogP contribution in [0.15, 0.2) is 171 Å². The zero-order chi connectivity index (χ0) is 105. The van der Waals surface area contributed by atoms with Gasteiger partial charge >= 0.3 is 6.18 Å². The number of pyridine rings is 4. The van der Waals surface area contributed by atoms with Gasteiger partial charge < -0.3 is 82.7 Å². The minimum Gasteiger partial charge on any atom is -0.494 e. The van der Waals surface area contributed by atoms with Crippen LogP contribution in [-0.2, 0) is 45.4 Å². The highest BCUT2D eigenvalue weighted by Crippen LogP contribution is 2.45. The second kappa shape index (κ2) is 43.0. The van der Waals surface area contributed by atoms with Crippen LogP contribution in [-0.4, -0.2) is 175 Å². The number of para-hydroxylation sites is 4. The van der Waals surface area contributed by atoms with Crippen molar-refractivity contribution in [3.8, 4) is 68.0 Å². The van der Waals surface area contributed by atoms with Gasteiger partial charge in [0.1, 0.15) is 36.4 Å². The number of anilines is 12. The van der Waals surface area contributed by atoms with Crippen molar-refractivity contribution in [3.63, 3.8) is 0 Å². The SMILES string of the molecule is [2H]C([2H])([2H])NC(=O)c1cnc(NC(=O)C2CC2)cc1Nc1cccc(-c2ccn(CC(F)(F)F)n2)c1OC.[2H]C([2H])([2H])NC(=O)c1cnc(NC(=O)C2CC2)cc1Nc1cccc(-c2ccn(CC(F)F)n2)c1OC.[2H]C([2H])([2H])NC(=O)c1cnc(NC(=O)C2CC2)cc1Nc1cccc(-c2ccn(CC)n2)c1OC.[2H]C([2H])([2H])NC(=O)c1cnc(NC(=O)C2CC2)cc1Nc1cccc(-c2ccnn2CC)c1OC. The Morgan fingerprint density at radius 2 is 0.707 bits per heavy atom. The molecular formula is C92H99F5N24O12. The molecule has 0 aliphatic heterocycles. The van der Waals surface area contributed by atoms with Gasteiger partial charge in [-0.25, -0.2) is 28.7 Å². The third kappa shape index (κ3) is 24.2. The highest BCUT2D eigenvalue weighted by molar-refractivity contribution is 6.06. The fourth-order valence-electron chi connectivity index (χ4n) is 13.6. The third-order valence-electron chi connectivity index (χ3n) is 20.8. The first-order chi connectivity index (χ1) is 68.7. The lowest BCUT2D eigenvalue weighted by atomic mass is 10.1. The Labute approximate surface area is 777 Å². The van der Waals surface area contributed by atoms with Crippen molar-refractivity contribution in [2.45, 2.75) is 104 Å². The molecule has 0 saturated heterocycles. The molecule has 12 aromatic rings. The molecule has 16 rings (SSSR count). The number of methoxy groups -OCH3 is 4.